The van der Waals surface area contributed by atoms with Crippen molar-refractivity contribution in [3.8, 4) is 0 Å². The van der Waals surface area contributed by atoms with Crippen molar-refractivity contribution in [1.82, 2.24) is 5.32 Å². The highest BCUT2D eigenvalue weighted by Crippen LogP contribution is 2.32. The van der Waals surface area contributed by atoms with Crippen molar-refractivity contribution in [2.75, 3.05) is 20.3 Å². The van der Waals surface area contributed by atoms with Crippen molar-refractivity contribution in [3.63, 3.8) is 0 Å². The summed E-state index contributed by atoms with van der Waals surface area (Å²) in [5.41, 5.74) is -2.20. The number of hydrogen-bond acceptors (Lipinski definition) is 3. The summed E-state index contributed by atoms with van der Waals surface area (Å²) in [6.07, 6.45) is -4.74. The van der Waals surface area contributed by atoms with Crippen molar-refractivity contribution in [1.29, 1.82) is 0 Å². The van der Waals surface area contributed by atoms with Crippen molar-refractivity contribution in [2.24, 2.45) is 0 Å². The van der Waals surface area contributed by atoms with Crippen molar-refractivity contribution >= 4 is 5.91 Å². The van der Waals surface area contributed by atoms with Gasteiger partial charge in [-0.25, -0.2) is 4.39 Å². The van der Waals surface area contributed by atoms with Crippen LogP contribution in [0.25, 0.3) is 0 Å². The monoisotopic (exact) mass is 309 g/mol. The molecule has 0 saturated carbocycles. The van der Waals surface area contributed by atoms with Gasteiger partial charge in [0.25, 0.3) is 5.91 Å². The molecule has 0 fully saturated rings. The third-order valence-corrected chi connectivity index (χ3v) is 2.73. The Morgan fingerprint density at radius 3 is 2.62 bits per heavy atom. The first kappa shape index (κ1) is 17.4. The number of halogens is 4. The van der Waals surface area contributed by atoms with Crippen LogP contribution in [-0.4, -0.2) is 37.4 Å². The van der Waals surface area contributed by atoms with E-state index in [2.05, 4.69) is 5.32 Å². The first-order chi connectivity index (χ1) is 9.81. The van der Waals surface area contributed by atoms with E-state index in [4.69, 9.17) is 9.84 Å². The van der Waals surface area contributed by atoms with Crippen LogP contribution in [0.5, 0.6) is 0 Å². The van der Waals surface area contributed by atoms with E-state index in [0.717, 1.165) is 12.1 Å². The number of rotatable bonds is 6. The average molecular weight is 309 g/mol. The van der Waals surface area contributed by atoms with E-state index < -0.39 is 35.1 Å². The van der Waals surface area contributed by atoms with E-state index in [0.29, 0.717) is 6.07 Å². The molecule has 0 aliphatic heterocycles. The molecule has 4 nitrogen and oxygen atoms in total. The van der Waals surface area contributed by atoms with Gasteiger partial charge in [0.05, 0.1) is 23.8 Å². The topological polar surface area (TPSA) is 58.6 Å². The van der Waals surface area contributed by atoms with E-state index >= 15 is 0 Å². The second kappa shape index (κ2) is 7.37. The van der Waals surface area contributed by atoms with Gasteiger partial charge in [0.2, 0.25) is 0 Å². The Kier molecular flexibility index (Phi) is 6.10. The Labute approximate surface area is 118 Å². The van der Waals surface area contributed by atoms with Gasteiger partial charge in [0.1, 0.15) is 5.82 Å². The maximum Gasteiger partial charge on any atom is 0.419 e. The third-order valence-electron chi connectivity index (χ3n) is 2.73. The molecule has 1 atom stereocenters. The van der Waals surface area contributed by atoms with Gasteiger partial charge in [0.15, 0.2) is 0 Å². The van der Waals surface area contributed by atoms with Crippen LogP contribution in [-0.2, 0) is 10.9 Å². The van der Waals surface area contributed by atoms with Gasteiger partial charge < -0.3 is 15.2 Å². The Bertz CT molecular complexity index is 485. The second-order valence-electron chi connectivity index (χ2n) is 4.30. The van der Waals surface area contributed by atoms with Crippen LogP contribution in [0.3, 0.4) is 0 Å². The standard InChI is InChI=1S/C13H15F4NO3/c1-21-7-8(5-6-19)18-12(20)9-3-2-4-10(11(9)14)13(15,16)17/h2-4,8,19H,5-7H2,1H3,(H,18,20). The molecule has 0 bridgehead atoms. The zero-order valence-electron chi connectivity index (χ0n) is 11.2. The fourth-order valence-electron chi connectivity index (χ4n) is 1.74. The number of aliphatic hydroxyl groups is 1. The van der Waals surface area contributed by atoms with E-state index in [-0.39, 0.29) is 19.6 Å². The van der Waals surface area contributed by atoms with Crippen LogP contribution in [0.15, 0.2) is 18.2 Å². The van der Waals surface area contributed by atoms with Crippen LogP contribution in [0.2, 0.25) is 0 Å². The number of carbonyl (C=O) groups excluding carboxylic acids is 1. The number of alkyl halides is 3. The number of hydrogen-bond donors (Lipinski definition) is 2. The zero-order chi connectivity index (χ0) is 16.0. The number of amides is 1. The number of nitrogens with one attached hydrogen (secondary N) is 1. The van der Waals surface area contributed by atoms with E-state index in [1.165, 1.54) is 7.11 Å². The molecule has 0 heterocycles. The molecule has 0 saturated heterocycles. The quantitative estimate of drug-likeness (QED) is 0.790. The molecule has 8 heteroatoms. The highest BCUT2D eigenvalue weighted by Gasteiger charge is 2.35. The lowest BCUT2D eigenvalue weighted by Gasteiger charge is -2.17. The fourth-order valence-corrected chi connectivity index (χ4v) is 1.74. The van der Waals surface area contributed by atoms with Crippen molar-refractivity contribution in [3.05, 3.63) is 35.1 Å². The molecule has 1 aromatic rings. The first-order valence-electron chi connectivity index (χ1n) is 6.07. The molecule has 2 N–H and O–H groups in total. The molecule has 21 heavy (non-hydrogen) atoms. The lowest BCUT2D eigenvalue weighted by molar-refractivity contribution is -0.140. The second-order valence-corrected chi connectivity index (χ2v) is 4.30. The van der Waals surface area contributed by atoms with Crippen LogP contribution in [0, 0.1) is 5.82 Å². The van der Waals surface area contributed by atoms with Gasteiger partial charge in [-0.15, -0.1) is 0 Å². The summed E-state index contributed by atoms with van der Waals surface area (Å²) < 4.78 is 56.3. The normalized spacial score (nSPS) is 13.0. The summed E-state index contributed by atoms with van der Waals surface area (Å²) in [5.74, 6) is -2.61. The maximum atomic E-state index is 13.8. The molecule has 118 valence electrons. The van der Waals surface area contributed by atoms with E-state index in [1.54, 1.807) is 0 Å². The summed E-state index contributed by atoms with van der Waals surface area (Å²) >= 11 is 0. The Morgan fingerprint density at radius 2 is 2.10 bits per heavy atom. The van der Waals surface area contributed by atoms with Crippen LogP contribution < -0.4 is 5.32 Å². The number of ether oxygens (including phenoxy) is 1. The SMILES string of the molecule is COCC(CCO)NC(=O)c1cccc(C(F)(F)F)c1F. The summed E-state index contributed by atoms with van der Waals surface area (Å²) in [6.45, 7) is -0.202. The predicted molar refractivity (Wildman–Crippen MR) is 66.2 cm³/mol. The minimum Gasteiger partial charge on any atom is -0.396 e. The van der Waals surface area contributed by atoms with Gasteiger partial charge >= 0.3 is 6.18 Å². The highest BCUT2D eigenvalue weighted by molar-refractivity contribution is 5.94. The molecule has 0 spiro atoms. The molecule has 1 amide bonds. The summed E-state index contributed by atoms with van der Waals surface area (Å²) in [7, 11) is 1.36. The summed E-state index contributed by atoms with van der Waals surface area (Å²) in [5, 5.41) is 11.1. The van der Waals surface area contributed by atoms with Gasteiger partial charge in [0, 0.05) is 13.7 Å². The fraction of sp³-hybridized carbons (Fsp3) is 0.462. The van der Waals surface area contributed by atoms with Crippen molar-refractivity contribution in [2.45, 2.75) is 18.6 Å². The molecule has 0 aliphatic carbocycles. The van der Waals surface area contributed by atoms with Gasteiger partial charge in [-0.2, -0.15) is 13.2 Å². The largest absolute Gasteiger partial charge is 0.419 e. The molecular weight excluding hydrogens is 294 g/mol. The third kappa shape index (κ3) is 4.68. The van der Waals surface area contributed by atoms with Crippen LogP contribution in [0.4, 0.5) is 17.6 Å². The molecular formula is C13H15F4NO3. The Morgan fingerprint density at radius 1 is 1.43 bits per heavy atom. The minimum absolute atomic E-state index is 0.0485. The number of methoxy groups -OCH3 is 1. The lowest BCUT2D eigenvalue weighted by atomic mass is 10.1. The lowest BCUT2D eigenvalue weighted by Crippen LogP contribution is -2.39. The van der Waals surface area contributed by atoms with E-state index in [1.807, 2.05) is 0 Å². The van der Waals surface area contributed by atoms with Gasteiger partial charge in [-0.1, -0.05) is 6.07 Å². The minimum atomic E-state index is -4.88. The predicted octanol–water partition coefficient (Wildman–Crippen LogP) is 1.97. The molecule has 1 unspecified atom stereocenters. The zero-order valence-corrected chi connectivity index (χ0v) is 11.2. The summed E-state index contributed by atoms with van der Waals surface area (Å²) in [6, 6.07) is 1.86. The molecule has 0 aromatic heterocycles. The number of carbonyl (C=O) groups is 1. The van der Waals surface area contributed by atoms with Crippen molar-refractivity contribution < 1.29 is 32.2 Å². The van der Waals surface area contributed by atoms with Gasteiger partial charge in [-0.3, -0.25) is 4.79 Å². The number of benzene rings is 1. The van der Waals surface area contributed by atoms with Crippen LogP contribution >= 0.6 is 0 Å². The van der Waals surface area contributed by atoms with E-state index in [9.17, 15) is 22.4 Å². The number of aliphatic hydroxyl groups excluding tert-OH is 1. The van der Waals surface area contributed by atoms with Crippen LogP contribution in [0.1, 0.15) is 22.3 Å². The Hall–Kier alpha value is -1.67. The van der Waals surface area contributed by atoms with Gasteiger partial charge in [-0.05, 0) is 18.6 Å². The Balaban J connectivity index is 2.97. The average Bonchev–Trinajstić information content (AvgIpc) is 2.38. The highest BCUT2D eigenvalue weighted by atomic mass is 19.4. The smallest absolute Gasteiger partial charge is 0.396 e. The summed E-state index contributed by atoms with van der Waals surface area (Å²) in [4.78, 5) is 11.8. The molecule has 1 rings (SSSR count). The maximum absolute atomic E-state index is 13.8. The molecule has 0 aliphatic rings. The molecule has 1 aromatic carbocycles. The first-order valence-corrected chi connectivity index (χ1v) is 6.07. The molecule has 0 radical (unpaired) electrons.